The molecule has 0 radical (unpaired) electrons. The van der Waals surface area contributed by atoms with Crippen molar-refractivity contribution in [3.63, 3.8) is 0 Å². The molecule has 2 amide bonds. The number of phosphoric ester groups is 1. The molecule has 0 aromatic carbocycles. The number of hydrogen-bond acceptors (Lipinski definition) is 10. The van der Waals surface area contributed by atoms with Gasteiger partial charge in [-0.05, 0) is 0 Å². The van der Waals surface area contributed by atoms with E-state index in [1.807, 2.05) is 0 Å². The largest absolute Gasteiger partial charge is 0.471 e. The minimum atomic E-state index is -5.60. The Labute approximate surface area is 166 Å². The Morgan fingerprint density at radius 3 is 2.27 bits per heavy atom. The van der Waals surface area contributed by atoms with Crippen LogP contribution >= 0.6 is 7.82 Å². The predicted molar refractivity (Wildman–Crippen MR) is 84.9 cm³/mol. The van der Waals surface area contributed by atoms with E-state index in [2.05, 4.69) is 4.52 Å². The number of hydrogen-bond donors (Lipinski definition) is 7. The smallest absolute Gasteiger partial charge is 0.394 e. The quantitative estimate of drug-likeness (QED) is 0.185. The molecule has 30 heavy (non-hydrogen) atoms. The molecule has 1 saturated heterocycles. The van der Waals surface area contributed by atoms with Crippen LogP contribution < -0.4 is 0 Å². The molecule has 1 fully saturated rings. The Bertz CT molecular complexity index is 687. The molecule has 13 nitrogen and oxygen atoms in total. The normalized spacial score (nSPS) is 29.9. The van der Waals surface area contributed by atoms with E-state index in [4.69, 9.17) is 19.6 Å². The molecule has 0 bridgehead atoms. The van der Waals surface area contributed by atoms with Gasteiger partial charge in [-0.15, -0.1) is 0 Å². The third-order valence-corrected chi connectivity index (χ3v) is 4.55. The lowest BCUT2D eigenvalue weighted by Gasteiger charge is -2.48. The van der Waals surface area contributed by atoms with E-state index in [-0.39, 0.29) is 0 Å². The molecule has 7 N–H and O–H groups in total. The van der Waals surface area contributed by atoms with Gasteiger partial charge in [0.15, 0.2) is 5.79 Å². The van der Waals surface area contributed by atoms with Gasteiger partial charge in [-0.2, -0.15) is 13.2 Å². The summed E-state index contributed by atoms with van der Waals surface area (Å²) >= 11 is 0. The van der Waals surface area contributed by atoms with E-state index in [1.165, 1.54) is 0 Å². The van der Waals surface area contributed by atoms with Gasteiger partial charge in [-0.3, -0.25) is 19.0 Å². The maximum absolute atomic E-state index is 12.9. The number of aliphatic hydroxyl groups excluding tert-OH is 4. The number of halogens is 3. The fourth-order valence-corrected chi connectivity index (χ4v) is 3.23. The third kappa shape index (κ3) is 6.65. The lowest BCUT2D eigenvalue weighted by Crippen LogP contribution is -2.69. The number of imide groups is 1. The van der Waals surface area contributed by atoms with Crippen LogP contribution in [0.1, 0.15) is 13.3 Å². The van der Waals surface area contributed by atoms with Crippen LogP contribution in [0.2, 0.25) is 0 Å². The summed E-state index contributed by atoms with van der Waals surface area (Å²) in [4.78, 5) is 40.4. The van der Waals surface area contributed by atoms with Gasteiger partial charge in [0.2, 0.25) is 5.91 Å². The van der Waals surface area contributed by atoms with E-state index < -0.39 is 86.6 Å². The summed E-state index contributed by atoms with van der Waals surface area (Å²) in [5.41, 5.74) is 0. The lowest BCUT2D eigenvalue weighted by atomic mass is 9.87. The third-order valence-electron chi connectivity index (χ3n) is 4.09. The van der Waals surface area contributed by atoms with Crippen LogP contribution in [-0.2, 0) is 23.4 Å². The standard InChI is InChI=1S/C13H21F3NO12P/c1-5(19)17(11(23)13(14,15)16)8-6(20)2-12(24,4-28-30(25,26)27)29-10(8)9(22)7(21)3-18/h6-10,18,20-22,24H,2-4H2,1H3,(H2,25,26,27)/t6-,7+,8+,9+,10+,12-/m0/s1. The van der Waals surface area contributed by atoms with Gasteiger partial charge in [-0.1, -0.05) is 0 Å². The maximum Gasteiger partial charge on any atom is 0.471 e. The van der Waals surface area contributed by atoms with Crippen LogP contribution in [0.5, 0.6) is 0 Å². The molecule has 0 aromatic rings. The monoisotopic (exact) mass is 471 g/mol. The van der Waals surface area contributed by atoms with E-state index in [0.717, 1.165) is 0 Å². The SMILES string of the molecule is CC(=O)N(C(=O)C(F)(F)F)[C@H]1[C@H]([C@H](O)[C@H](O)CO)O[C@](O)(COP(=O)(O)O)C[C@@H]1O. The second-order valence-corrected chi connectivity index (χ2v) is 7.73. The molecular weight excluding hydrogens is 450 g/mol. The summed E-state index contributed by atoms with van der Waals surface area (Å²) in [7, 11) is -5.19. The molecule has 1 heterocycles. The van der Waals surface area contributed by atoms with Crippen molar-refractivity contribution >= 4 is 19.6 Å². The number of nitrogens with zero attached hydrogens (tertiary/aromatic N) is 1. The molecule has 176 valence electrons. The number of alkyl halides is 3. The number of carbonyl (C=O) groups is 2. The lowest BCUT2D eigenvalue weighted by molar-refractivity contribution is -0.318. The number of carbonyl (C=O) groups excluding carboxylic acids is 2. The van der Waals surface area contributed by atoms with Crippen LogP contribution in [0.25, 0.3) is 0 Å². The van der Waals surface area contributed by atoms with Crippen molar-refractivity contribution < 1.29 is 71.9 Å². The first-order valence-corrected chi connectivity index (χ1v) is 9.63. The van der Waals surface area contributed by atoms with Crippen molar-refractivity contribution in [1.82, 2.24) is 4.90 Å². The van der Waals surface area contributed by atoms with Crippen molar-refractivity contribution in [3.05, 3.63) is 0 Å². The molecule has 0 aliphatic carbocycles. The summed E-state index contributed by atoms with van der Waals surface area (Å²) in [5, 5.41) is 49.3. The molecule has 0 spiro atoms. The second-order valence-electron chi connectivity index (χ2n) is 6.49. The molecule has 17 heteroatoms. The van der Waals surface area contributed by atoms with Crippen molar-refractivity contribution in [2.75, 3.05) is 13.2 Å². The molecular formula is C13H21F3NO12P. The second kappa shape index (κ2) is 9.52. The van der Waals surface area contributed by atoms with E-state index in [1.54, 1.807) is 0 Å². The maximum atomic E-state index is 12.9. The summed E-state index contributed by atoms with van der Waals surface area (Å²) in [5.74, 6) is -7.13. The summed E-state index contributed by atoms with van der Waals surface area (Å²) in [6.07, 6.45) is -15.8. The Morgan fingerprint density at radius 1 is 1.33 bits per heavy atom. The van der Waals surface area contributed by atoms with Crippen LogP contribution in [0.4, 0.5) is 13.2 Å². The average Bonchev–Trinajstić information content (AvgIpc) is 2.58. The predicted octanol–water partition coefficient (Wildman–Crippen LogP) is -3.05. The number of phosphoric acid groups is 1. The molecule has 0 unspecified atom stereocenters. The summed E-state index contributed by atoms with van der Waals surface area (Å²) in [6, 6.07) is -2.32. The van der Waals surface area contributed by atoms with Gasteiger partial charge >= 0.3 is 19.9 Å². The zero-order chi connectivity index (χ0) is 23.7. The molecule has 6 atom stereocenters. The molecule has 1 aliphatic rings. The van der Waals surface area contributed by atoms with Crippen molar-refractivity contribution in [1.29, 1.82) is 0 Å². The average molecular weight is 471 g/mol. The van der Waals surface area contributed by atoms with Crippen LogP contribution in [0.15, 0.2) is 0 Å². The summed E-state index contributed by atoms with van der Waals surface area (Å²) in [6.45, 7) is -2.01. The van der Waals surface area contributed by atoms with E-state index in [0.29, 0.717) is 6.92 Å². The van der Waals surface area contributed by atoms with Crippen LogP contribution in [0.3, 0.4) is 0 Å². The molecule has 0 saturated carbocycles. The number of ether oxygens (including phenoxy) is 1. The first-order chi connectivity index (χ1) is 13.4. The molecule has 1 rings (SSSR count). The van der Waals surface area contributed by atoms with Gasteiger partial charge < -0.3 is 40.1 Å². The van der Waals surface area contributed by atoms with Crippen molar-refractivity contribution in [2.45, 2.75) is 55.8 Å². The Balaban J connectivity index is 3.40. The Hall–Kier alpha value is -1.20. The van der Waals surface area contributed by atoms with Gasteiger partial charge in [0.1, 0.15) is 24.9 Å². The molecule has 0 aromatic heterocycles. The highest BCUT2D eigenvalue weighted by atomic mass is 31.2. The minimum absolute atomic E-state index is 0.494. The highest BCUT2D eigenvalue weighted by Crippen LogP contribution is 2.40. The van der Waals surface area contributed by atoms with E-state index >= 15 is 0 Å². The first kappa shape index (κ1) is 26.8. The highest BCUT2D eigenvalue weighted by Gasteiger charge is 2.57. The van der Waals surface area contributed by atoms with Crippen molar-refractivity contribution in [2.24, 2.45) is 0 Å². The number of amides is 2. The van der Waals surface area contributed by atoms with Gasteiger partial charge in [0.05, 0.1) is 18.8 Å². The van der Waals surface area contributed by atoms with Crippen molar-refractivity contribution in [3.8, 4) is 0 Å². The van der Waals surface area contributed by atoms with Crippen LogP contribution in [-0.4, -0.2) is 108 Å². The Morgan fingerprint density at radius 2 is 1.87 bits per heavy atom. The minimum Gasteiger partial charge on any atom is -0.394 e. The number of aliphatic hydroxyl groups is 5. The Kier molecular flexibility index (Phi) is 8.51. The highest BCUT2D eigenvalue weighted by molar-refractivity contribution is 7.46. The number of rotatable bonds is 7. The zero-order valence-electron chi connectivity index (χ0n) is 15.2. The fraction of sp³-hybridized carbons (Fsp3) is 0.846. The summed E-state index contributed by atoms with van der Waals surface area (Å²) < 4.78 is 58.6. The fourth-order valence-electron chi connectivity index (χ4n) is 2.86. The van der Waals surface area contributed by atoms with Gasteiger partial charge in [-0.25, -0.2) is 4.57 Å². The van der Waals surface area contributed by atoms with E-state index in [9.17, 15) is 47.8 Å². The van der Waals surface area contributed by atoms with Gasteiger partial charge in [0.25, 0.3) is 0 Å². The first-order valence-electron chi connectivity index (χ1n) is 8.10. The molecule has 1 aliphatic heterocycles. The van der Waals surface area contributed by atoms with Gasteiger partial charge in [0, 0.05) is 13.3 Å². The topological polar surface area (TPSA) is 215 Å². The van der Waals surface area contributed by atoms with Crippen LogP contribution in [0, 0.1) is 0 Å². The zero-order valence-corrected chi connectivity index (χ0v) is 16.1.